The van der Waals surface area contributed by atoms with E-state index in [0.717, 1.165) is 0 Å². The van der Waals surface area contributed by atoms with Gasteiger partial charge in [-0.2, -0.15) is 0 Å². The molecule has 0 radical (unpaired) electrons. The van der Waals surface area contributed by atoms with Gasteiger partial charge in [0, 0.05) is 5.54 Å². The molecule has 0 saturated heterocycles. The van der Waals surface area contributed by atoms with Gasteiger partial charge in [-0.15, -0.1) is 0 Å². The van der Waals surface area contributed by atoms with E-state index in [4.69, 9.17) is 5.73 Å². The summed E-state index contributed by atoms with van der Waals surface area (Å²) in [5.41, 5.74) is 6.68. The first-order chi connectivity index (χ1) is 4.52. The fourth-order valence-corrected chi connectivity index (χ4v) is 2.01. The lowest BCUT2D eigenvalue weighted by Crippen LogP contribution is -2.46. The standard InChI is InChI=1S/C9H19N/c1-4-8(2)6-5-7-9(8,3)10/h4-7,10H2,1-3H3. The molecule has 0 heterocycles. The van der Waals surface area contributed by atoms with Crippen LogP contribution < -0.4 is 5.73 Å². The summed E-state index contributed by atoms with van der Waals surface area (Å²) in [7, 11) is 0. The van der Waals surface area contributed by atoms with Crippen LogP contribution in [0, 0.1) is 5.41 Å². The summed E-state index contributed by atoms with van der Waals surface area (Å²) in [5, 5.41) is 0. The van der Waals surface area contributed by atoms with E-state index < -0.39 is 0 Å². The Morgan fingerprint density at radius 3 is 2.10 bits per heavy atom. The molecule has 0 spiro atoms. The quantitative estimate of drug-likeness (QED) is 0.595. The molecule has 0 aromatic heterocycles. The second kappa shape index (κ2) is 2.23. The van der Waals surface area contributed by atoms with Crippen LogP contribution in [0.2, 0.25) is 0 Å². The van der Waals surface area contributed by atoms with Crippen LogP contribution in [0.25, 0.3) is 0 Å². The molecule has 0 amide bonds. The normalized spacial score (nSPS) is 48.0. The Morgan fingerprint density at radius 1 is 1.30 bits per heavy atom. The predicted octanol–water partition coefficient (Wildman–Crippen LogP) is 2.30. The minimum Gasteiger partial charge on any atom is -0.325 e. The molecule has 1 nitrogen and oxygen atoms in total. The Bertz CT molecular complexity index is 129. The van der Waals surface area contributed by atoms with E-state index in [0.29, 0.717) is 5.41 Å². The maximum atomic E-state index is 6.17. The van der Waals surface area contributed by atoms with Gasteiger partial charge < -0.3 is 5.73 Å². The maximum absolute atomic E-state index is 6.17. The topological polar surface area (TPSA) is 26.0 Å². The monoisotopic (exact) mass is 141 g/mol. The molecule has 1 aliphatic rings. The highest BCUT2D eigenvalue weighted by molar-refractivity contribution is 5.00. The van der Waals surface area contributed by atoms with Gasteiger partial charge in [-0.25, -0.2) is 0 Å². The molecule has 0 bridgehead atoms. The van der Waals surface area contributed by atoms with E-state index >= 15 is 0 Å². The molecule has 0 aromatic carbocycles. The van der Waals surface area contributed by atoms with Crippen LogP contribution in [-0.2, 0) is 0 Å². The minimum absolute atomic E-state index is 0.0990. The molecule has 0 aromatic rings. The molecular weight excluding hydrogens is 122 g/mol. The molecule has 2 unspecified atom stereocenters. The number of hydrogen-bond acceptors (Lipinski definition) is 1. The molecule has 2 N–H and O–H groups in total. The average molecular weight is 141 g/mol. The van der Waals surface area contributed by atoms with Gasteiger partial charge in [0.1, 0.15) is 0 Å². The zero-order valence-electron chi connectivity index (χ0n) is 7.41. The second-order valence-electron chi connectivity index (χ2n) is 4.19. The van der Waals surface area contributed by atoms with Crippen LogP contribution in [-0.4, -0.2) is 5.54 Å². The maximum Gasteiger partial charge on any atom is 0.0180 e. The predicted molar refractivity (Wildman–Crippen MR) is 44.8 cm³/mol. The van der Waals surface area contributed by atoms with Crippen LogP contribution >= 0.6 is 0 Å². The summed E-state index contributed by atoms with van der Waals surface area (Å²) in [6.07, 6.45) is 5.06. The minimum atomic E-state index is 0.0990. The summed E-state index contributed by atoms with van der Waals surface area (Å²) in [4.78, 5) is 0. The molecule has 1 rings (SSSR count). The van der Waals surface area contributed by atoms with E-state index in [1.54, 1.807) is 0 Å². The third-order valence-corrected chi connectivity index (χ3v) is 3.58. The average Bonchev–Trinajstić information content (AvgIpc) is 2.10. The van der Waals surface area contributed by atoms with Gasteiger partial charge in [0.15, 0.2) is 0 Å². The van der Waals surface area contributed by atoms with Gasteiger partial charge in [-0.3, -0.25) is 0 Å². The second-order valence-corrected chi connectivity index (χ2v) is 4.19. The molecule has 10 heavy (non-hydrogen) atoms. The Labute approximate surface area is 64.0 Å². The number of nitrogens with two attached hydrogens (primary N) is 1. The van der Waals surface area contributed by atoms with E-state index in [1.165, 1.54) is 25.7 Å². The number of rotatable bonds is 1. The van der Waals surface area contributed by atoms with Gasteiger partial charge in [0.25, 0.3) is 0 Å². The first-order valence-corrected chi connectivity index (χ1v) is 4.31. The van der Waals surface area contributed by atoms with Gasteiger partial charge in [-0.1, -0.05) is 20.3 Å². The zero-order valence-corrected chi connectivity index (χ0v) is 7.41. The summed E-state index contributed by atoms with van der Waals surface area (Å²) in [5.74, 6) is 0. The smallest absolute Gasteiger partial charge is 0.0180 e. The molecule has 1 heteroatoms. The van der Waals surface area contributed by atoms with Crippen molar-refractivity contribution >= 4 is 0 Å². The van der Waals surface area contributed by atoms with E-state index in [9.17, 15) is 0 Å². The Hall–Kier alpha value is -0.0400. The van der Waals surface area contributed by atoms with E-state index in [2.05, 4.69) is 20.8 Å². The van der Waals surface area contributed by atoms with Gasteiger partial charge in [0.05, 0.1) is 0 Å². The van der Waals surface area contributed by atoms with Gasteiger partial charge in [0.2, 0.25) is 0 Å². The molecule has 60 valence electrons. The zero-order chi connectivity index (χ0) is 7.83. The summed E-state index contributed by atoms with van der Waals surface area (Å²) in [6, 6.07) is 0. The lowest BCUT2D eigenvalue weighted by Gasteiger charge is -2.37. The summed E-state index contributed by atoms with van der Waals surface area (Å²) in [6.45, 7) is 6.76. The first-order valence-electron chi connectivity index (χ1n) is 4.31. The Balaban J connectivity index is 2.76. The third kappa shape index (κ3) is 0.968. The van der Waals surface area contributed by atoms with Crippen molar-refractivity contribution in [1.29, 1.82) is 0 Å². The fraction of sp³-hybridized carbons (Fsp3) is 1.00. The van der Waals surface area contributed by atoms with Crippen molar-refractivity contribution in [3.8, 4) is 0 Å². The number of hydrogen-bond donors (Lipinski definition) is 1. The van der Waals surface area contributed by atoms with Crippen molar-refractivity contribution in [2.75, 3.05) is 0 Å². The molecule has 0 aliphatic heterocycles. The summed E-state index contributed by atoms with van der Waals surface area (Å²) >= 11 is 0. The largest absolute Gasteiger partial charge is 0.325 e. The van der Waals surface area contributed by atoms with E-state index in [1.807, 2.05) is 0 Å². The van der Waals surface area contributed by atoms with Crippen LogP contribution in [0.4, 0.5) is 0 Å². The van der Waals surface area contributed by atoms with Gasteiger partial charge >= 0.3 is 0 Å². The molecule has 1 aliphatic carbocycles. The third-order valence-electron chi connectivity index (χ3n) is 3.58. The molecule has 2 atom stereocenters. The van der Waals surface area contributed by atoms with Crippen LogP contribution in [0.5, 0.6) is 0 Å². The van der Waals surface area contributed by atoms with Crippen molar-refractivity contribution in [2.24, 2.45) is 11.1 Å². The van der Waals surface area contributed by atoms with E-state index in [-0.39, 0.29) is 5.54 Å². The summed E-state index contributed by atoms with van der Waals surface area (Å²) < 4.78 is 0. The van der Waals surface area contributed by atoms with Crippen LogP contribution in [0.1, 0.15) is 46.5 Å². The van der Waals surface area contributed by atoms with Crippen molar-refractivity contribution in [3.63, 3.8) is 0 Å². The van der Waals surface area contributed by atoms with Gasteiger partial charge in [-0.05, 0) is 31.6 Å². The van der Waals surface area contributed by atoms with Crippen molar-refractivity contribution in [1.82, 2.24) is 0 Å². The molecular formula is C9H19N. The lowest BCUT2D eigenvalue weighted by atomic mass is 9.73. The van der Waals surface area contributed by atoms with Crippen molar-refractivity contribution < 1.29 is 0 Å². The molecule has 1 fully saturated rings. The fourth-order valence-electron chi connectivity index (χ4n) is 2.01. The first kappa shape index (κ1) is 8.06. The molecule has 1 saturated carbocycles. The van der Waals surface area contributed by atoms with Crippen LogP contribution in [0.3, 0.4) is 0 Å². The van der Waals surface area contributed by atoms with Crippen LogP contribution in [0.15, 0.2) is 0 Å². The van der Waals surface area contributed by atoms with Crippen molar-refractivity contribution in [3.05, 3.63) is 0 Å². The highest BCUT2D eigenvalue weighted by Gasteiger charge is 2.43. The SMILES string of the molecule is CCC1(C)CCCC1(C)N. The highest BCUT2D eigenvalue weighted by atomic mass is 14.8. The van der Waals surface area contributed by atoms with Crippen molar-refractivity contribution in [2.45, 2.75) is 52.0 Å². The Morgan fingerprint density at radius 2 is 1.90 bits per heavy atom. The Kier molecular flexibility index (Phi) is 1.80. The highest BCUT2D eigenvalue weighted by Crippen LogP contribution is 2.46. The lowest BCUT2D eigenvalue weighted by molar-refractivity contribution is 0.193.